The highest BCUT2D eigenvalue weighted by atomic mass is 32.2. The van der Waals surface area contributed by atoms with Crippen LogP contribution in [-0.2, 0) is 30.4 Å². The molecule has 0 saturated heterocycles. The number of aromatic amines is 1. The monoisotopic (exact) mass is 565 g/mol. The van der Waals surface area contributed by atoms with Crippen molar-refractivity contribution in [1.29, 1.82) is 0 Å². The Labute approximate surface area is 229 Å². The van der Waals surface area contributed by atoms with Gasteiger partial charge in [-0.05, 0) is 43.4 Å². The van der Waals surface area contributed by atoms with Gasteiger partial charge in [0.15, 0.2) is 0 Å². The summed E-state index contributed by atoms with van der Waals surface area (Å²) in [5, 5.41) is 36.6. The summed E-state index contributed by atoms with van der Waals surface area (Å²) in [6.07, 6.45) is 1.57. The van der Waals surface area contributed by atoms with E-state index in [1.807, 2.05) is 18.2 Å². The van der Waals surface area contributed by atoms with Crippen LogP contribution < -0.4 is 21.7 Å². The molecule has 0 aliphatic heterocycles. The Kier molecular flexibility index (Phi) is 12.2. The van der Waals surface area contributed by atoms with Gasteiger partial charge in [0.2, 0.25) is 17.7 Å². The van der Waals surface area contributed by atoms with E-state index in [1.54, 1.807) is 18.5 Å². The number of benzene rings is 1. The van der Waals surface area contributed by atoms with Crippen LogP contribution in [0.3, 0.4) is 0 Å². The Hall–Kier alpha value is -3.62. The van der Waals surface area contributed by atoms with Crippen LogP contribution in [0.4, 0.5) is 0 Å². The maximum Gasteiger partial charge on any atom is 0.326 e. The van der Waals surface area contributed by atoms with Gasteiger partial charge in [-0.1, -0.05) is 18.2 Å². The summed E-state index contributed by atoms with van der Waals surface area (Å²) in [5.41, 5.74) is 7.10. The fraction of sp³-hybridized carbons (Fsp3) is 0.480. The van der Waals surface area contributed by atoms with Crippen LogP contribution in [0, 0.1) is 0 Å². The molecule has 0 bridgehead atoms. The van der Waals surface area contributed by atoms with Crippen LogP contribution in [0.2, 0.25) is 0 Å². The topological polar surface area (TPSA) is 224 Å². The highest BCUT2D eigenvalue weighted by molar-refractivity contribution is 7.98. The van der Waals surface area contributed by atoms with E-state index in [-0.39, 0.29) is 19.3 Å². The molecule has 1 heterocycles. The number of H-pyrrole nitrogens is 1. The summed E-state index contributed by atoms with van der Waals surface area (Å²) in [6.45, 7) is 1.32. The third kappa shape index (κ3) is 9.57. The van der Waals surface area contributed by atoms with E-state index in [4.69, 9.17) is 10.8 Å². The molecule has 0 aliphatic rings. The number of aliphatic hydroxyl groups excluding tert-OH is 1. The molecule has 5 atom stereocenters. The van der Waals surface area contributed by atoms with Crippen molar-refractivity contribution < 1.29 is 39.3 Å². The van der Waals surface area contributed by atoms with E-state index < -0.39 is 66.4 Å². The van der Waals surface area contributed by atoms with E-state index in [0.29, 0.717) is 11.3 Å². The SMILES string of the molecule is CSCCC(NC(=O)C(N)C(C)O)C(=O)NC(CCC(=O)O)C(=O)NC(Cc1c[nH]c2ccccc12)C(=O)O. The largest absolute Gasteiger partial charge is 0.481 e. The smallest absolute Gasteiger partial charge is 0.326 e. The Morgan fingerprint density at radius 2 is 1.54 bits per heavy atom. The molecule has 14 heteroatoms. The number of amides is 3. The number of aliphatic hydroxyl groups is 1. The molecule has 1 aromatic heterocycles. The minimum absolute atomic E-state index is 0.0612. The van der Waals surface area contributed by atoms with E-state index in [0.717, 1.165) is 10.9 Å². The fourth-order valence-corrected chi connectivity index (χ4v) is 4.26. The molecule has 0 aliphatic carbocycles. The Bertz CT molecular complexity index is 1170. The van der Waals surface area contributed by atoms with Crippen LogP contribution >= 0.6 is 11.8 Å². The van der Waals surface area contributed by atoms with Crippen molar-refractivity contribution in [2.75, 3.05) is 12.0 Å². The molecule has 1 aromatic carbocycles. The molecular weight excluding hydrogens is 530 g/mol. The quantitative estimate of drug-likeness (QED) is 0.131. The fourth-order valence-electron chi connectivity index (χ4n) is 3.79. The molecule has 2 rings (SSSR count). The number of nitrogens with one attached hydrogen (secondary N) is 4. The van der Waals surface area contributed by atoms with Crippen molar-refractivity contribution in [3.05, 3.63) is 36.0 Å². The van der Waals surface area contributed by atoms with Crippen LogP contribution in [0.15, 0.2) is 30.5 Å². The first-order valence-electron chi connectivity index (χ1n) is 12.3. The minimum Gasteiger partial charge on any atom is -0.481 e. The number of fused-ring (bicyclic) bond motifs is 1. The lowest BCUT2D eigenvalue weighted by molar-refractivity contribution is -0.143. The summed E-state index contributed by atoms with van der Waals surface area (Å²) < 4.78 is 0. The van der Waals surface area contributed by atoms with Gasteiger partial charge in [0.05, 0.1) is 6.10 Å². The number of hydrogen-bond donors (Lipinski definition) is 8. The Morgan fingerprint density at radius 3 is 2.13 bits per heavy atom. The van der Waals surface area contributed by atoms with E-state index in [2.05, 4.69) is 20.9 Å². The molecule has 39 heavy (non-hydrogen) atoms. The van der Waals surface area contributed by atoms with Crippen molar-refractivity contribution in [2.45, 2.75) is 62.9 Å². The zero-order valence-electron chi connectivity index (χ0n) is 21.7. The van der Waals surface area contributed by atoms with E-state index >= 15 is 0 Å². The average molecular weight is 566 g/mol. The van der Waals surface area contributed by atoms with Crippen LogP contribution in [0.25, 0.3) is 10.9 Å². The second kappa shape index (κ2) is 15.1. The highest BCUT2D eigenvalue weighted by Gasteiger charge is 2.31. The van der Waals surface area contributed by atoms with Gasteiger partial charge in [0, 0.05) is 29.9 Å². The molecule has 5 unspecified atom stereocenters. The summed E-state index contributed by atoms with van der Waals surface area (Å²) in [7, 11) is 0. The van der Waals surface area contributed by atoms with Gasteiger partial charge < -0.3 is 42.0 Å². The number of rotatable bonds is 16. The lowest BCUT2D eigenvalue weighted by atomic mass is 10.0. The first-order chi connectivity index (χ1) is 18.4. The predicted molar refractivity (Wildman–Crippen MR) is 145 cm³/mol. The van der Waals surface area contributed by atoms with E-state index in [9.17, 15) is 34.2 Å². The lowest BCUT2D eigenvalue weighted by Crippen LogP contribution is -2.58. The summed E-state index contributed by atoms with van der Waals surface area (Å²) in [5.74, 6) is -4.50. The van der Waals surface area contributed by atoms with Crippen molar-refractivity contribution in [3.63, 3.8) is 0 Å². The highest BCUT2D eigenvalue weighted by Crippen LogP contribution is 2.19. The van der Waals surface area contributed by atoms with Crippen LogP contribution in [0.1, 0.15) is 31.7 Å². The molecule has 13 nitrogen and oxygen atoms in total. The third-order valence-corrected chi connectivity index (χ3v) is 6.70. The molecule has 214 valence electrons. The minimum atomic E-state index is -1.39. The van der Waals surface area contributed by atoms with Gasteiger partial charge in [-0.25, -0.2) is 4.79 Å². The van der Waals surface area contributed by atoms with Gasteiger partial charge >= 0.3 is 11.9 Å². The van der Waals surface area contributed by atoms with Gasteiger partial charge in [-0.15, -0.1) is 0 Å². The van der Waals surface area contributed by atoms with E-state index in [1.165, 1.54) is 18.7 Å². The first-order valence-corrected chi connectivity index (χ1v) is 13.7. The molecular formula is C25H35N5O8S. The van der Waals surface area contributed by atoms with Gasteiger partial charge in [0.25, 0.3) is 0 Å². The van der Waals surface area contributed by atoms with Gasteiger partial charge in [0.1, 0.15) is 24.2 Å². The normalized spacial score (nSPS) is 15.0. The van der Waals surface area contributed by atoms with Crippen molar-refractivity contribution in [2.24, 2.45) is 5.73 Å². The maximum atomic E-state index is 13.1. The molecule has 9 N–H and O–H groups in total. The third-order valence-electron chi connectivity index (χ3n) is 6.06. The van der Waals surface area contributed by atoms with Crippen molar-refractivity contribution in [1.82, 2.24) is 20.9 Å². The van der Waals surface area contributed by atoms with Crippen LogP contribution in [-0.4, -0.2) is 92.2 Å². The number of thioether (sulfide) groups is 1. The Morgan fingerprint density at radius 1 is 0.949 bits per heavy atom. The number of carboxylic acids is 2. The molecule has 0 radical (unpaired) electrons. The maximum absolute atomic E-state index is 13.1. The number of para-hydroxylation sites is 1. The van der Waals surface area contributed by atoms with Gasteiger partial charge in [-0.3, -0.25) is 19.2 Å². The second-order valence-corrected chi connectivity index (χ2v) is 10.1. The second-order valence-electron chi connectivity index (χ2n) is 9.07. The lowest BCUT2D eigenvalue weighted by Gasteiger charge is -2.25. The van der Waals surface area contributed by atoms with Crippen molar-refractivity contribution in [3.8, 4) is 0 Å². The number of hydrogen-bond acceptors (Lipinski definition) is 8. The Balaban J connectivity index is 2.20. The van der Waals surface area contributed by atoms with Crippen molar-refractivity contribution >= 4 is 52.3 Å². The molecule has 3 amide bonds. The first kappa shape index (κ1) is 31.6. The summed E-state index contributed by atoms with van der Waals surface area (Å²) in [4.78, 5) is 64.8. The number of carboxylic acid groups (broad SMARTS) is 2. The molecule has 0 spiro atoms. The molecule has 0 fully saturated rings. The number of carbonyl (C=O) groups excluding carboxylic acids is 3. The summed E-state index contributed by atoms with van der Waals surface area (Å²) in [6, 6.07) is 2.08. The number of nitrogens with two attached hydrogens (primary N) is 1. The zero-order chi connectivity index (χ0) is 29.1. The number of aromatic nitrogens is 1. The number of aliphatic carboxylic acids is 2. The zero-order valence-corrected chi connectivity index (χ0v) is 22.5. The molecule has 0 saturated carbocycles. The summed E-state index contributed by atoms with van der Waals surface area (Å²) >= 11 is 1.41. The average Bonchev–Trinajstić information content (AvgIpc) is 3.30. The van der Waals surface area contributed by atoms with Gasteiger partial charge in [-0.2, -0.15) is 11.8 Å². The number of carbonyl (C=O) groups is 5. The predicted octanol–water partition coefficient (Wildman–Crippen LogP) is -0.425. The van der Waals surface area contributed by atoms with Crippen LogP contribution in [0.5, 0.6) is 0 Å². The standard InChI is InChI=1S/C25H35N5O8S/c1-13(31)21(26)24(36)29-18(9-10-39-2)23(35)28-17(7-8-20(32)33)22(34)30-19(25(37)38)11-14-12-27-16-6-4-3-5-15(14)16/h3-6,12-13,17-19,21,27,31H,7-11,26H2,1-2H3,(H,28,35)(H,29,36)(H,30,34)(H,32,33)(H,37,38). The molecule has 2 aromatic rings.